The molecule has 2 aromatic rings. The van der Waals surface area contributed by atoms with Crippen LogP contribution in [0.1, 0.15) is 24.5 Å². The molecule has 30 heavy (non-hydrogen) atoms. The molecule has 1 amide bonds. The van der Waals surface area contributed by atoms with Crippen LogP contribution in [0.5, 0.6) is 0 Å². The number of hydrogen-bond acceptors (Lipinski definition) is 4. The van der Waals surface area contributed by atoms with Crippen LogP contribution in [0.25, 0.3) is 0 Å². The fourth-order valence-corrected chi connectivity index (χ4v) is 5.08. The van der Waals surface area contributed by atoms with Gasteiger partial charge >= 0.3 is 0 Å². The third-order valence-corrected chi connectivity index (χ3v) is 7.13. The number of carbonyl (C=O) groups excluding carboxylic acids is 1. The lowest BCUT2D eigenvalue weighted by Crippen LogP contribution is -2.37. The van der Waals surface area contributed by atoms with Gasteiger partial charge in [0, 0.05) is 44.4 Å². The molecule has 2 aromatic carbocycles. The van der Waals surface area contributed by atoms with Crippen LogP contribution < -0.4 is 4.90 Å². The van der Waals surface area contributed by atoms with Crippen LogP contribution in [0.15, 0.2) is 47.4 Å². The highest BCUT2D eigenvalue weighted by Gasteiger charge is 2.28. The summed E-state index contributed by atoms with van der Waals surface area (Å²) in [4.78, 5) is 15.6. The van der Waals surface area contributed by atoms with Gasteiger partial charge < -0.3 is 9.80 Å². The first-order valence-corrected chi connectivity index (χ1v) is 11.4. The number of carbonyl (C=O) groups is 1. The van der Waals surface area contributed by atoms with Crippen molar-refractivity contribution in [3.8, 4) is 0 Å². The molecule has 0 N–H and O–H groups in total. The van der Waals surface area contributed by atoms with Gasteiger partial charge in [-0.2, -0.15) is 4.31 Å². The SMILES string of the molecule is CC(=O)N1CCCc2cc(S(=O)(=O)N(CCN(C)C)Cc3ccccc3F)ccc21. The van der Waals surface area contributed by atoms with Gasteiger partial charge in [0.15, 0.2) is 0 Å². The van der Waals surface area contributed by atoms with Crippen molar-refractivity contribution in [1.29, 1.82) is 0 Å². The summed E-state index contributed by atoms with van der Waals surface area (Å²) < 4.78 is 42.5. The molecule has 0 spiro atoms. The second-order valence-electron chi connectivity index (χ2n) is 7.80. The Morgan fingerprint density at radius 2 is 1.87 bits per heavy atom. The summed E-state index contributed by atoms with van der Waals surface area (Å²) in [5, 5.41) is 0. The molecule has 0 saturated carbocycles. The number of sulfonamides is 1. The van der Waals surface area contributed by atoms with Crippen molar-refractivity contribution in [1.82, 2.24) is 9.21 Å². The highest BCUT2D eigenvalue weighted by Crippen LogP contribution is 2.31. The molecule has 3 rings (SSSR count). The van der Waals surface area contributed by atoms with Gasteiger partial charge in [-0.1, -0.05) is 18.2 Å². The molecule has 6 nitrogen and oxygen atoms in total. The van der Waals surface area contributed by atoms with E-state index in [2.05, 4.69) is 0 Å². The predicted octanol–water partition coefficient (Wildman–Crippen LogP) is 2.88. The second-order valence-corrected chi connectivity index (χ2v) is 9.74. The van der Waals surface area contributed by atoms with E-state index in [1.54, 1.807) is 41.3 Å². The van der Waals surface area contributed by atoms with Gasteiger partial charge in [-0.25, -0.2) is 12.8 Å². The quantitative estimate of drug-likeness (QED) is 0.674. The highest BCUT2D eigenvalue weighted by molar-refractivity contribution is 7.89. The van der Waals surface area contributed by atoms with Crippen LogP contribution in [0.3, 0.4) is 0 Å². The molecule has 162 valence electrons. The molecule has 0 bridgehead atoms. The lowest BCUT2D eigenvalue weighted by Gasteiger charge is -2.30. The molecule has 0 unspecified atom stereocenters. The number of aryl methyl sites for hydroxylation is 1. The minimum absolute atomic E-state index is 0.0422. The third kappa shape index (κ3) is 4.88. The summed E-state index contributed by atoms with van der Waals surface area (Å²) >= 11 is 0. The number of halogens is 1. The Kier molecular flexibility index (Phi) is 6.90. The summed E-state index contributed by atoms with van der Waals surface area (Å²) in [6, 6.07) is 11.1. The van der Waals surface area contributed by atoms with E-state index in [-0.39, 0.29) is 23.9 Å². The Hall–Kier alpha value is -2.29. The lowest BCUT2D eigenvalue weighted by molar-refractivity contribution is -0.116. The Bertz CT molecular complexity index is 1020. The monoisotopic (exact) mass is 433 g/mol. The third-order valence-electron chi connectivity index (χ3n) is 5.29. The fourth-order valence-electron chi connectivity index (χ4n) is 3.62. The second kappa shape index (κ2) is 9.24. The van der Waals surface area contributed by atoms with Crippen molar-refractivity contribution >= 4 is 21.6 Å². The van der Waals surface area contributed by atoms with E-state index in [0.717, 1.165) is 17.7 Å². The van der Waals surface area contributed by atoms with E-state index in [1.807, 2.05) is 19.0 Å². The van der Waals surface area contributed by atoms with E-state index in [4.69, 9.17) is 0 Å². The topological polar surface area (TPSA) is 60.9 Å². The van der Waals surface area contributed by atoms with Crippen LogP contribution in [0.2, 0.25) is 0 Å². The zero-order valence-electron chi connectivity index (χ0n) is 17.6. The maximum absolute atomic E-state index is 14.2. The van der Waals surface area contributed by atoms with Crippen molar-refractivity contribution in [2.24, 2.45) is 0 Å². The molecule has 0 radical (unpaired) electrons. The summed E-state index contributed by atoms with van der Waals surface area (Å²) in [6.07, 6.45) is 1.50. The van der Waals surface area contributed by atoms with Crippen molar-refractivity contribution in [3.63, 3.8) is 0 Å². The maximum Gasteiger partial charge on any atom is 0.243 e. The van der Waals surface area contributed by atoms with Gasteiger partial charge in [-0.05, 0) is 56.8 Å². The number of amides is 1. The van der Waals surface area contributed by atoms with E-state index in [0.29, 0.717) is 25.1 Å². The number of anilines is 1. The zero-order chi connectivity index (χ0) is 21.9. The molecule has 1 aliphatic rings. The standard InChI is InChI=1S/C22H28FN3O3S/c1-17(27)26-12-6-8-18-15-20(10-11-22(18)26)30(28,29)25(14-13-24(2)3)16-19-7-4-5-9-21(19)23/h4-5,7,9-11,15H,6,8,12-14,16H2,1-3H3. The average Bonchev–Trinajstić information content (AvgIpc) is 2.71. The van der Waals surface area contributed by atoms with Crippen molar-refractivity contribution < 1.29 is 17.6 Å². The molecular weight excluding hydrogens is 405 g/mol. The number of fused-ring (bicyclic) bond motifs is 1. The summed E-state index contributed by atoms with van der Waals surface area (Å²) in [7, 11) is -0.118. The number of hydrogen-bond donors (Lipinski definition) is 0. The molecule has 8 heteroatoms. The Morgan fingerprint density at radius 3 is 2.53 bits per heavy atom. The fraction of sp³-hybridized carbons (Fsp3) is 0.409. The van der Waals surface area contributed by atoms with Gasteiger partial charge in [0.2, 0.25) is 15.9 Å². The smallest absolute Gasteiger partial charge is 0.243 e. The molecule has 0 fully saturated rings. The van der Waals surface area contributed by atoms with Crippen molar-refractivity contribution in [3.05, 3.63) is 59.4 Å². The van der Waals surface area contributed by atoms with Gasteiger partial charge in [0.1, 0.15) is 5.82 Å². The Balaban J connectivity index is 1.96. The summed E-state index contributed by atoms with van der Waals surface area (Å²) in [5.74, 6) is -0.483. The molecule has 0 saturated heterocycles. The van der Waals surface area contributed by atoms with Crippen LogP contribution in [-0.2, 0) is 27.8 Å². The minimum atomic E-state index is -3.85. The summed E-state index contributed by atoms with van der Waals surface area (Å²) in [5.41, 5.74) is 1.94. The molecule has 0 atom stereocenters. The molecular formula is C22H28FN3O3S. The van der Waals surface area contributed by atoms with Crippen molar-refractivity contribution in [2.75, 3.05) is 38.6 Å². The van der Waals surface area contributed by atoms with Gasteiger partial charge in [-0.3, -0.25) is 4.79 Å². The number of benzene rings is 2. The Morgan fingerprint density at radius 1 is 1.13 bits per heavy atom. The van der Waals surface area contributed by atoms with Crippen LogP contribution >= 0.6 is 0 Å². The zero-order valence-corrected chi connectivity index (χ0v) is 18.5. The highest BCUT2D eigenvalue weighted by atomic mass is 32.2. The first-order chi connectivity index (χ1) is 14.2. The average molecular weight is 434 g/mol. The van der Waals surface area contributed by atoms with Crippen LogP contribution in [-0.4, -0.2) is 57.3 Å². The van der Waals surface area contributed by atoms with Crippen molar-refractivity contribution in [2.45, 2.75) is 31.2 Å². The number of nitrogens with zero attached hydrogens (tertiary/aromatic N) is 3. The van der Waals surface area contributed by atoms with E-state index in [9.17, 15) is 17.6 Å². The van der Waals surface area contributed by atoms with Gasteiger partial charge in [0.25, 0.3) is 0 Å². The maximum atomic E-state index is 14.2. The van der Waals surface area contributed by atoms with Gasteiger partial charge in [0.05, 0.1) is 4.90 Å². The largest absolute Gasteiger partial charge is 0.312 e. The number of likely N-dealkylation sites (N-methyl/N-ethyl adjacent to an activating group) is 1. The molecule has 1 aliphatic heterocycles. The predicted molar refractivity (Wildman–Crippen MR) is 115 cm³/mol. The molecule has 1 heterocycles. The van der Waals surface area contributed by atoms with Crippen LogP contribution in [0.4, 0.5) is 10.1 Å². The van der Waals surface area contributed by atoms with E-state index in [1.165, 1.54) is 17.3 Å². The van der Waals surface area contributed by atoms with E-state index < -0.39 is 15.8 Å². The Labute approximate surface area is 177 Å². The number of rotatable bonds is 7. The minimum Gasteiger partial charge on any atom is -0.312 e. The molecule has 0 aromatic heterocycles. The molecule has 0 aliphatic carbocycles. The first-order valence-electron chi connectivity index (χ1n) is 9.99. The van der Waals surface area contributed by atoms with Crippen LogP contribution in [0, 0.1) is 5.82 Å². The lowest BCUT2D eigenvalue weighted by atomic mass is 10.0. The normalized spacial score (nSPS) is 14.3. The van der Waals surface area contributed by atoms with E-state index >= 15 is 0 Å². The van der Waals surface area contributed by atoms with Gasteiger partial charge in [-0.15, -0.1) is 0 Å². The first kappa shape index (κ1) is 22.4. The summed E-state index contributed by atoms with van der Waals surface area (Å²) in [6.45, 7) is 2.85.